The van der Waals surface area contributed by atoms with Gasteiger partial charge in [-0.05, 0) is 69.0 Å². The molecule has 3 rings (SSSR count). The smallest absolute Gasteiger partial charge is 0.295 e. The number of amides is 1. The van der Waals surface area contributed by atoms with Gasteiger partial charge in [0.25, 0.3) is 11.7 Å². The predicted molar refractivity (Wildman–Crippen MR) is 124 cm³/mol. The van der Waals surface area contributed by atoms with Gasteiger partial charge < -0.3 is 14.9 Å². The Morgan fingerprint density at radius 3 is 2.18 bits per heavy atom. The van der Waals surface area contributed by atoms with E-state index in [4.69, 9.17) is 0 Å². The van der Waals surface area contributed by atoms with E-state index >= 15 is 0 Å². The number of benzene rings is 1. The fraction of sp³-hybridized carbons (Fsp3) is 0.348. The summed E-state index contributed by atoms with van der Waals surface area (Å²) in [5, 5.41) is 11.1. The number of nitrogens with zero attached hydrogens (tertiary/aromatic N) is 4. The van der Waals surface area contributed by atoms with Crippen molar-refractivity contribution in [1.29, 1.82) is 0 Å². The van der Waals surface area contributed by atoms with Crippen LogP contribution in [0.5, 0.6) is 0 Å². The first-order chi connectivity index (χ1) is 15.6. The number of Topliss-reactive ketones (excluding diaryl/α,β-unsaturated/α-hetero) is 1. The Morgan fingerprint density at radius 2 is 1.64 bits per heavy atom. The summed E-state index contributed by atoms with van der Waals surface area (Å²) in [6.07, 6.45) is 3.78. The number of rotatable bonds is 8. The van der Waals surface area contributed by atoms with E-state index < -0.39 is 27.8 Å². The highest BCUT2D eigenvalue weighted by Gasteiger charge is 2.45. The van der Waals surface area contributed by atoms with Crippen molar-refractivity contribution in [2.45, 2.75) is 17.4 Å². The first-order valence-electron chi connectivity index (χ1n) is 10.4. The average Bonchev–Trinajstić information content (AvgIpc) is 3.04. The molecule has 0 aliphatic carbocycles. The summed E-state index contributed by atoms with van der Waals surface area (Å²) in [6, 6.07) is 8.22. The second-order valence-corrected chi connectivity index (χ2v) is 10.4. The molecular formula is C23H28N4O5S. The van der Waals surface area contributed by atoms with E-state index in [0.717, 1.165) is 10.8 Å². The molecule has 0 spiro atoms. The lowest BCUT2D eigenvalue weighted by molar-refractivity contribution is -0.139. The highest BCUT2D eigenvalue weighted by molar-refractivity contribution is 7.89. The maximum Gasteiger partial charge on any atom is 0.295 e. The van der Waals surface area contributed by atoms with Crippen molar-refractivity contribution in [3.05, 3.63) is 65.5 Å². The van der Waals surface area contributed by atoms with Gasteiger partial charge in [-0.3, -0.25) is 14.6 Å². The monoisotopic (exact) mass is 472 g/mol. The number of aromatic nitrogens is 1. The molecule has 1 N–H and O–H groups in total. The number of aliphatic hydroxyl groups excluding tert-OH is 1. The first kappa shape index (κ1) is 24.6. The lowest BCUT2D eigenvalue weighted by atomic mass is 9.96. The van der Waals surface area contributed by atoms with E-state index in [2.05, 4.69) is 4.98 Å². The van der Waals surface area contributed by atoms with Crippen LogP contribution in [0.1, 0.15) is 23.6 Å². The molecule has 0 radical (unpaired) electrons. The Labute approximate surface area is 194 Å². The van der Waals surface area contributed by atoms with Gasteiger partial charge in [0, 0.05) is 38.6 Å². The quantitative estimate of drug-likeness (QED) is 0.354. The van der Waals surface area contributed by atoms with Gasteiger partial charge in [0.05, 0.1) is 16.5 Å². The number of carbonyl (C=O) groups excluding carboxylic acids is 2. The summed E-state index contributed by atoms with van der Waals surface area (Å²) < 4.78 is 25.7. The summed E-state index contributed by atoms with van der Waals surface area (Å²) in [6.45, 7) is 1.07. The third-order valence-corrected chi connectivity index (χ3v) is 7.30. The van der Waals surface area contributed by atoms with Crippen molar-refractivity contribution >= 4 is 27.5 Å². The summed E-state index contributed by atoms with van der Waals surface area (Å²) in [5.74, 6) is -1.80. The fourth-order valence-corrected chi connectivity index (χ4v) is 4.61. The van der Waals surface area contributed by atoms with Crippen LogP contribution < -0.4 is 0 Å². The Kier molecular flexibility index (Phi) is 7.31. The molecule has 176 valence electrons. The molecule has 10 heteroatoms. The van der Waals surface area contributed by atoms with Gasteiger partial charge in [0.15, 0.2) is 0 Å². The van der Waals surface area contributed by atoms with Crippen molar-refractivity contribution < 1.29 is 23.1 Å². The molecule has 0 saturated carbocycles. The van der Waals surface area contributed by atoms with Gasteiger partial charge >= 0.3 is 0 Å². The van der Waals surface area contributed by atoms with Gasteiger partial charge in [0.1, 0.15) is 5.76 Å². The lowest BCUT2D eigenvalue weighted by Gasteiger charge is -2.25. The number of carbonyl (C=O) groups is 2. The molecule has 1 aromatic heterocycles. The van der Waals surface area contributed by atoms with E-state index in [1.54, 1.807) is 24.5 Å². The van der Waals surface area contributed by atoms with E-state index in [-0.39, 0.29) is 21.8 Å². The lowest BCUT2D eigenvalue weighted by Crippen LogP contribution is -2.32. The summed E-state index contributed by atoms with van der Waals surface area (Å²) in [5.41, 5.74) is 0.875. The van der Waals surface area contributed by atoms with Crippen molar-refractivity contribution in [2.24, 2.45) is 0 Å². The van der Waals surface area contributed by atoms with Crippen LogP contribution >= 0.6 is 0 Å². The zero-order chi connectivity index (χ0) is 24.3. The number of hydrogen-bond donors (Lipinski definition) is 1. The SMILES string of the molecule is CN(C)CCCN1C(=O)C(=O)C(=C(O)c2ccc(S(=O)(=O)N(C)C)cc2)[C@@H]1c1ccncc1. The van der Waals surface area contributed by atoms with E-state index in [0.29, 0.717) is 18.5 Å². The highest BCUT2D eigenvalue weighted by Crippen LogP contribution is 2.39. The zero-order valence-corrected chi connectivity index (χ0v) is 19.9. The van der Waals surface area contributed by atoms with Crippen LogP contribution in [0.15, 0.2) is 59.3 Å². The normalized spacial score (nSPS) is 18.5. The predicted octanol–water partition coefficient (Wildman–Crippen LogP) is 1.71. The van der Waals surface area contributed by atoms with Crippen LogP contribution in [0.25, 0.3) is 5.76 Å². The van der Waals surface area contributed by atoms with Crippen LogP contribution in [-0.2, 0) is 19.6 Å². The van der Waals surface area contributed by atoms with Crippen molar-refractivity contribution in [2.75, 3.05) is 41.3 Å². The number of hydrogen-bond acceptors (Lipinski definition) is 7. The standard InChI is InChI=1S/C23H28N4O5S/c1-25(2)14-5-15-27-20(16-10-12-24-13-11-16)19(22(29)23(27)30)21(28)17-6-8-18(9-7-17)33(31,32)26(3)4/h6-13,20,28H,5,14-15H2,1-4H3/t20-/m0/s1. The molecule has 1 atom stereocenters. The molecule has 0 unspecified atom stereocenters. The van der Waals surface area contributed by atoms with Crippen molar-refractivity contribution in [3.8, 4) is 0 Å². The summed E-state index contributed by atoms with van der Waals surface area (Å²) in [7, 11) is 3.06. The van der Waals surface area contributed by atoms with Gasteiger partial charge in [-0.1, -0.05) is 0 Å². The van der Waals surface area contributed by atoms with Crippen LogP contribution in [0.4, 0.5) is 0 Å². The van der Waals surface area contributed by atoms with Gasteiger partial charge in [-0.2, -0.15) is 0 Å². The maximum atomic E-state index is 13.0. The number of sulfonamides is 1. The van der Waals surface area contributed by atoms with E-state index in [1.807, 2.05) is 19.0 Å². The van der Waals surface area contributed by atoms with E-state index in [1.165, 1.54) is 43.3 Å². The highest BCUT2D eigenvalue weighted by atomic mass is 32.2. The minimum Gasteiger partial charge on any atom is -0.507 e. The zero-order valence-electron chi connectivity index (χ0n) is 19.1. The first-order valence-corrected chi connectivity index (χ1v) is 11.9. The molecular weight excluding hydrogens is 444 g/mol. The van der Waals surface area contributed by atoms with Crippen LogP contribution in [0.2, 0.25) is 0 Å². The molecule has 1 amide bonds. The number of likely N-dealkylation sites (tertiary alicyclic amines) is 1. The molecule has 1 aliphatic heterocycles. The topological polar surface area (TPSA) is 111 Å². The average molecular weight is 473 g/mol. The van der Waals surface area contributed by atoms with Gasteiger partial charge in [-0.25, -0.2) is 12.7 Å². The summed E-state index contributed by atoms with van der Waals surface area (Å²) >= 11 is 0. The van der Waals surface area contributed by atoms with Crippen molar-refractivity contribution in [1.82, 2.24) is 19.1 Å². The second kappa shape index (κ2) is 9.82. The third-order valence-electron chi connectivity index (χ3n) is 5.47. The van der Waals surface area contributed by atoms with Gasteiger partial charge in [0.2, 0.25) is 10.0 Å². The van der Waals surface area contributed by atoms with Crippen LogP contribution in [-0.4, -0.2) is 85.6 Å². The minimum atomic E-state index is -3.64. The Hall–Kier alpha value is -3.08. The minimum absolute atomic E-state index is 0.0285. The Bertz CT molecular complexity index is 1160. The molecule has 1 aromatic carbocycles. The molecule has 1 saturated heterocycles. The van der Waals surface area contributed by atoms with E-state index in [9.17, 15) is 23.1 Å². The molecule has 2 heterocycles. The molecule has 1 fully saturated rings. The second-order valence-electron chi connectivity index (χ2n) is 8.24. The number of aliphatic hydroxyl groups is 1. The van der Waals surface area contributed by atoms with Crippen LogP contribution in [0, 0.1) is 0 Å². The van der Waals surface area contributed by atoms with Crippen molar-refractivity contribution in [3.63, 3.8) is 0 Å². The largest absolute Gasteiger partial charge is 0.507 e. The number of pyridine rings is 1. The third kappa shape index (κ3) is 4.97. The number of ketones is 1. The Balaban J connectivity index is 2.06. The maximum absolute atomic E-state index is 13.0. The fourth-order valence-electron chi connectivity index (χ4n) is 3.71. The van der Waals surface area contributed by atoms with Crippen LogP contribution in [0.3, 0.4) is 0 Å². The van der Waals surface area contributed by atoms with Gasteiger partial charge in [-0.15, -0.1) is 0 Å². The molecule has 2 aromatic rings. The molecule has 0 bridgehead atoms. The molecule has 1 aliphatic rings. The molecule has 33 heavy (non-hydrogen) atoms. The Morgan fingerprint density at radius 1 is 1.03 bits per heavy atom. The summed E-state index contributed by atoms with van der Waals surface area (Å²) in [4.78, 5) is 33.4. The molecule has 9 nitrogen and oxygen atoms in total.